The summed E-state index contributed by atoms with van der Waals surface area (Å²) in [7, 11) is 1.51. The number of hydrogen-bond acceptors (Lipinski definition) is 4. The van der Waals surface area contributed by atoms with Crippen molar-refractivity contribution in [1.82, 2.24) is 10.2 Å². The Labute approximate surface area is 120 Å². The molecule has 6 nitrogen and oxygen atoms in total. The van der Waals surface area contributed by atoms with E-state index >= 15 is 0 Å². The van der Waals surface area contributed by atoms with Crippen LogP contribution < -0.4 is 5.32 Å². The summed E-state index contributed by atoms with van der Waals surface area (Å²) in [6, 6.07) is 3.30. The molecular formula is C13H16N2O4S. The summed E-state index contributed by atoms with van der Waals surface area (Å²) in [6.45, 7) is 2.22. The van der Waals surface area contributed by atoms with Crippen molar-refractivity contribution >= 4 is 35.2 Å². The summed E-state index contributed by atoms with van der Waals surface area (Å²) in [6.07, 6.45) is 2.45. The zero-order chi connectivity index (χ0) is 15.1. The molecule has 1 aromatic heterocycles. The fourth-order valence-corrected chi connectivity index (χ4v) is 2.32. The molecule has 2 N–H and O–H groups in total. The van der Waals surface area contributed by atoms with E-state index in [9.17, 15) is 14.4 Å². The molecule has 108 valence electrons. The monoisotopic (exact) mass is 296 g/mol. The Morgan fingerprint density at radius 2 is 2.10 bits per heavy atom. The van der Waals surface area contributed by atoms with Crippen LogP contribution >= 0.6 is 11.3 Å². The van der Waals surface area contributed by atoms with Crippen molar-refractivity contribution in [3.8, 4) is 0 Å². The lowest BCUT2D eigenvalue weighted by atomic mass is 10.3. The van der Waals surface area contributed by atoms with E-state index < -0.39 is 5.97 Å². The van der Waals surface area contributed by atoms with E-state index in [2.05, 4.69) is 5.32 Å². The van der Waals surface area contributed by atoms with E-state index in [1.807, 2.05) is 0 Å². The number of carbonyl (C=O) groups is 3. The molecule has 0 saturated carbocycles. The van der Waals surface area contributed by atoms with Gasteiger partial charge in [0.15, 0.2) is 0 Å². The number of hydrogen-bond donors (Lipinski definition) is 2. The van der Waals surface area contributed by atoms with Gasteiger partial charge in [0.05, 0.1) is 11.4 Å². The number of amides is 2. The zero-order valence-electron chi connectivity index (χ0n) is 11.3. The summed E-state index contributed by atoms with van der Waals surface area (Å²) in [5.41, 5.74) is 0. The largest absolute Gasteiger partial charge is 0.478 e. The second-order valence-electron chi connectivity index (χ2n) is 3.87. The van der Waals surface area contributed by atoms with Gasteiger partial charge in [0.25, 0.3) is 5.91 Å². The average molecular weight is 296 g/mol. The van der Waals surface area contributed by atoms with Crippen LogP contribution in [0.4, 0.5) is 0 Å². The summed E-state index contributed by atoms with van der Waals surface area (Å²) >= 11 is 1.19. The number of thiophene rings is 1. The summed E-state index contributed by atoms with van der Waals surface area (Å²) in [4.78, 5) is 36.5. The Morgan fingerprint density at radius 1 is 1.40 bits per heavy atom. The van der Waals surface area contributed by atoms with Gasteiger partial charge in [-0.05, 0) is 25.1 Å². The number of carboxylic acids is 1. The van der Waals surface area contributed by atoms with Crippen molar-refractivity contribution in [1.29, 1.82) is 0 Å². The highest BCUT2D eigenvalue weighted by molar-refractivity contribution is 7.14. The smallest absolute Gasteiger partial charge is 0.328 e. The predicted molar refractivity (Wildman–Crippen MR) is 76.6 cm³/mol. The Hall–Kier alpha value is -2.15. The van der Waals surface area contributed by atoms with Crippen molar-refractivity contribution < 1.29 is 19.5 Å². The molecule has 0 unspecified atom stereocenters. The number of rotatable bonds is 6. The highest BCUT2D eigenvalue weighted by Crippen LogP contribution is 2.19. The van der Waals surface area contributed by atoms with Gasteiger partial charge in [-0.1, -0.05) is 0 Å². The maximum Gasteiger partial charge on any atom is 0.328 e. The molecule has 0 atom stereocenters. The molecule has 0 fully saturated rings. The Balaban J connectivity index is 2.80. The molecule has 7 heteroatoms. The van der Waals surface area contributed by atoms with Gasteiger partial charge in [-0.2, -0.15) is 0 Å². The van der Waals surface area contributed by atoms with Crippen LogP contribution in [0.1, 0.15) is 21.5 Å². The first-order chi connectivity index (χ1) is 9.47. The third-order valence-corrected chi connectivity index (χ3v) is 3.55. The quantitative estimate of drug-likeness (QED) is 0.768. The first kappa shape index (κ1) is 15.9. The molecule has 1 aromatic rings. The summed E-state index contributed by atoms with van der Waals surface area (Å²) in [5, 5.41) is 11.0. The van der Waals surface area contributed by atoms with Gasteiger partial charge in [0, 0.05) is 24.5 Å². The molecule has 1 heterocycles. The van der Waals surface area contributed by atoms with Gasteiger partial charge >= 0.3 is 5.97 Å². The van der Waals surface area contributed by atoms with Crippen LogP contribution in [0.3, 0.4) is 0 Å². The molecule has 20 heavy (non-hydrogen) atoms. The van der Waals surface area contributed by atoms with E-state index in [4.69, 9.17) is 5.11 Å². The Morgan fingerprint density at radius 3 is 2.65 bits per heavy atom. The third-order valence-electron chi connectivity index (χ3n) is 2.51. The van der Waals surface area contributed by atoms with Gasteiger partial charge in [-0.15, -0.1) is 11.3 Å². The van der Waals surface area contributed by atoms with Crippen LogP contribution in [0.15, 0.2) is 18.2 Å². The molecule has 0 aliphatic heterocycles. The van der Waals surface area contributed by atoms with E-state index in [-0.39, 0.29) is 18.4 Å². The van der Waals surface area contributed by atoms with Crippen LogP contribution in [0.2, 0.25) is 0 Å². The highest BCUT2D eigenvalue weighted by atomic mass is 32.1. The summed E-state index contributed by atoms with van der Waals surface area (Å²) in [5.74, 6) is -1.51. The van der Waals surface area contributed by atoms with Gasteiger partial charge in [0.1, 0.15) is 0 Å². The van der Waals surface area contributed by atoms with Crippen LogP contribution in [0, 0.1) is 0 Å². The van der Waals surface area contributed by atoms with E-state index in [1.165, 1.54) is 29.4 Å². The number of nitrogens with zero attached hydrogens (tertiary/aromatic N) is 1. The second-order valence-corrected chi connectivity index (χ2v) is 4.98. The van der Waals surface area contributed by atoms with Crippen LogP contribution in [-0.2, 0) is 9.59 Å². The Kier molecular flexibility index (Phi) is 5.92. The molecule has 0 aliphatic rings. The maximum atomic E-state index is 12.2. The first-order valence-corrected chi connectivity index (χ1v) is 6.80. The molecule has 0 aromatic carbocycles. The zero-order valence-corrected chi connectivity index (χ0v) is 12.1. The molecule has 1 rings (SSSR count). The van der Waals surface area contributed by atoms with Crippen molar-refractivity contribution in [3.05, 3.63) is 28.0 Å². The lowest BCUT2D eigenvalue weighted by molar-refractivity contribution is -0.131. The van der Waals surface area contributed by atoms with E-state index in [0.717, 1.165) is 6.08 Å². The van der Waals surface area contributed by atoms with Gasteiger partial charge in [-0.3, -0.25) is 9.59 Å². The second kappa shape index (κ2) is 7.44. The number of nitrogens with one attached hydrogen (secondary N) is 1. The lowest BCUT2D eigenvalue weighted by Gasteiger charge is -2.18. The predicted octanol–water partition coefficient (Wildman–Crippen LogP) is 1.05. The normalized spacial score (nSPS) is 10.5. The fourth-order valence-electron chi connectivity index (χ4n) is 1.45. The van der Waals surface area contributed by atoms with Crippen LogP contribution in [0.5, 0.6) is 0 Å². The van der Waals surface area contributed by atoms with Gasteiger partial charge < -0.3 is 15.3 Å². The number of likely N-dealkylation sites (N-methyl/N-ethyl adjacent to an activating group) is 2. The highest BCUT2D eigenvalue weighted by Gasteiger charge is 2.18. The van der Waals surface area contributed by atoms with Crippen LogP contribution in [0.25, 0.3) is 6.08 Å². The van der Waals surface area contributed by atoms with E-state index in [1.54, 1.807) is 19.1 Å². The average Bonchev–Trinajstić information content (AvgIpc) is 2.90. The molecule has 0 spiro atoms. The minimum Gasteiger partial charge on any atom is -0.478 e. The number of carboxylic acid groups (broad SMARTS) is 1. The molecule has 2 amide bonds. The van der Waals surface area contributed by atoms with Crippen molar-refractivity contribution in [2.75, 3.05) is 20.1 Å². The van der Waals surface area contributed by atoms with Crippen molar-refractivity contribution in [2.45, 2.75) is 6.92 Å². The molecule has 0 bridgehead atoms. The minimum atomic E-state index is -1.04. The SMILES string of the molecule is CCN(CC(=O)NC)C(=O)c1ccc(C=CC(=O)O)s1. The molecule has 0 radical (unpaired) electrons. The van der Waals surface area contributed by atoms with Gasteiger partial charge in [-0.25, -0.2) is 4.79 Å². The van der Waals surface area contributed by atoms with Crippen molar-refractivity contribution in [3.63, 3.8) is 0 Å². The van der Waals surface area contributed by atoms with Gasteiger partial charge in [0.2, 0.25) is 5.91 Å². The fraction of sp³-hybridized carbons (Fsp3) is 0.308. The molecule has 0 saturated heterocycles. The topological polar surface area (TPSA) is 86.7 Å². The molecular weight excluding hydrogens is 280 g/mol. The summed E-state index contributed by atoms with van der Waals surface area (Å²) < 4.78 is 0. The number of carbonyl (C=O) groups excluding carboxylic acids is 2. The third kappa shape index (κ3) is 4.51. The standard InChI is InChI=1S/C13H16N2O4S/c1-3-15(8-11(16)14-2)13(19)10-6-4-9(20-10)5-7-12(17)18/h4-7H,3,8H2,1-2H3,(H,14,16)(H,17,18). The first-order valence-electron chi connectivity index (χ1n) is 5.98. The molecule has 0 aliphatic carbocycles. The van der Waals surface area contributed by atoms with Crippen molar-refractivity contribution in [2.24, 2.45) is 0 Å². The maximum absolute atomic E-state index is 12.2. The van der Waals surface area contributed by atoms with Crippen LogP contribution in [-0.4, -0.2) is 47.9 Å². The Bertz CT molecular complexity index is 536. The van der Waals surface area contributed by atoms with E-state index in [0.29, 0.717) is 16.3 Å². The lowest BCUT2D eigenvalue weighted by Crippen LogP contribution is -2.39. The minimum absolute atomic E-state index is 0.00400. The number of aliphatic carboxylic acids is 1.